The number of hydrogen-bond donors (Lipinski definition) is 0. The monoisotopic (exact) mass is 343 g/mol. The summed E-state index contributed by atoms with van der Waals surface area (Å²) in [6.07, 6.45) is 1.64. The Morgan fingerprint density at radius 3 is 2.71 bits per heavy atom. The first-order chi connectivity index (χ1) is 11.5. The Bertz CT molecular complexity index is 867. The van der Waals surface area contributed by atoms with Crippen LogP contribution >= 0.6 is 11.3 Å². The van der Waals surface area contributed by atoms with Gasteiger partial charge in [0, 0.05) is 26.3 Å². The summed E-state index contributed by atoms with van der Waals surface area (Å²) in [5, 5.41) is 4.83. The summed E-state index contributed by atoms with van der Waals surface area (Å²) in [5.41, 5.74) is 2.67. The first-order valence-corrected chi connectivity index (χ1v) is 8.59. The van der Waals surface area contributed by atoms with Crippen LogP contribution in [0.15, 0.2) is 30.5 Å². The van der Waals surface area contributed by atoms with Gasteiger partial charge in [-0.15, -0.1) is 0 Å². The molecule has 126 valence electrons. The van der Waals surface area contributed by atoms with E-state index in [0.29, 0.717) is 12.2 Å². The minimum Gasteiger partial charge on any atom is -0.308 e. The van der Waals surface area contributed by atoms with Gasteiger partial charge in [-0.2, -0.15) is 5.10 Å². The van der Waals surface area contributed by atoms with E-state index in [1.165, 1.54) is 5.56 Å². The zero-order chi connectivity index (χ0) is 17.3. The number of carbonyl (C=O) groups excluding carboxylic acids is 1. The highest BCUT2D eigenvalue weighted by molar-refractivity contribution is 7.22. The topological polar surface area (TPSA) is 54.3 Å². The number of aromatic nitrogens is 3. The molecule has 3 aromatic rings. The lowest BCUT2D eigenvalue weighted by Gasteiger charge is -2.21. The van der Waals surface area contributed by atoms with Crippen molar-refractivity contribution in [1.29, 1.82) is 0 Å². The van der Waals surface area contributed by atoms with Gasteiger partial charge in [-0.3, -0.25) is 14.4 Å². The largest absolute Gasteiger partial charge is 0.308 e. The van der Waals surface area contributed by atoms with Gasteiger partial charge in [-0.05, 0) is 44.8 Å². The molecule has 1 amide bonds. The highest BCUT2D eigenvalue weighted by Crippen LogP contribution is 2.30. The highest BCUT2D eigenvalue weighted by atomic mass is 32.1. The molecule has 7 heteroatoms. The Hall–Kier alpha value is -2.25. The fourth-order valence-corrected chi connectivity index (χ4v) is 3.53. The summed E-state index contributed by atoms with van der Waals surface area (Å²) in [5.74, 6) is -0.0763. The summed E-state index contributed by atoms with van der Waals surface area (Å²) in [6, 6.07) is 7.89. The molecule has 0 saturated carbocycles. The average molecular weight is 343 g/mol. The number of aryl methyl sites for hydroxylation is 2. The molecule has 0 aliphatic carbocycles. The Morgan fingerprint density at radius 2 is 2.04 bits per heavy atom. The van der Waals surface area contributed by atoms with Crippen LogP contribution in [0.25, 0.3) is 10.2 Å². The summed E-state index contributed by atoms with van der Waals surface area (Å²) >= 11 is 1.55. The lowest BCUT2D eigenvalue weighted by atomic mass is 10.2. The number of hydrogen-bond acceptors (Lipinski definition) is 5. The van der Waals surface area contributed by atoms with E-state index in [4.69, 9.17) is 0 Å². The number of fused-ring (bicyclic) bond motifs is 1. The van der Waals surface area contributed by atoms with Gasteiger partial charge in [0.15, 0.2) is 5.13 Å². The van der Waals surface area contributed by atoms with Crippen molar-refractivity contribution >= 4 is 32.6 Å². The molecule has 0 bridgehead atoms. The van der Waals surface area contributed by atoms with Crippen molar-refractivity contribution < 1.29 is 4.79 Å². The van der Waals surface area contributed by atoms with E-state index in [2.05, 4.69) is 28.0 Å². The lowest BCUT2D eigenvalue weighted by Crippen LogP contribution is -2.37. The third kappa shape index (κ3) is 3.32. The molecule has 0 unspecified atom stereocenters. The first-order valence-electron chi connectivity index (χ1n) is 7.77. The van der Waals surface area contributed by atoms with Crippen molar-refractivity contribution in [2.75, 3.05) is 32.1 Å². The molecule has 0 saturated heterocycles. The maximum atomic E-state index is 13.0. The fourth-order valence-electron chi connectivity index (χ4n) is 2.44. The number of nitrogens with zero attached hydrogens (tertiary/aromatic N) is 5. The summed E-state index contributed by atoms with van der Waals surface area (Å²) in [7, 11) is 5.77. The molecule has 3 rings (SSSR count). The van der Waals surface area contributed by atoms with E-state index in [1.54, 1.807) is 40.2 Å². The fraction of sp³-hybridized carbons (Fsp3) is 0.353. The number of likely N-dealkylation sites (N-methyl/N-ethyl adjacent to an activating group) is 1. The molecular weight excluding hydrogens is 322 g/mol. The molecule has 6 nitrogen and oxygen atoms in total. The third-order valence-corrected chi connectivity index (χ3v) is 4.86. The number of amides is 1. The molecule has 0 radical (unpaired) electrons. The average Bonchev–Trinajstić information content (AvgIpc) is 3.12. The molecule has 0 spiro atoms. The van der Waals surface area contributed by atoms with E-state index in [-0.39, 0.29) is 5.91 Å². The van der Waals surface area contributed by atoms with Crippen LogP contribution in [0.5, 0.6) is 0 Å². The number of anilines is 1. The van der Waals surface area contributed by atoms with E-state index in [9.17, 15) is 4.79 Å². The molecule has 0 atom stereocenters. The van der Waals surface area contributed by atoms with Gasteiger partial charge in [0.05, 0.1) is 10.2 Å². The standard InChI is InChI=1S/C17H21N5OS/c1-12-5-6-13-15(11-12)24-17(19-13)22(10-9-20(2)3)16(23)14-7-8-18-21(14)4/h5-8,11H,9-10H2,1-4H3. The SMILES string of the molecule is Cc1ccc2nc(N(CCN(C)C)C(=O)c3ccnn3C)sc2c1. The quantitative estimate of drug-likeness (QED) is 0.714. The van der Waals surface area contributed by atoms with Crippen LogP contribution in [-0.4, -0.2) is 52.8 Å². The molecular formula is C17H21N5OS. The molecule has 2 aromatic heterocycles. The van der Waals surface area contributed by atoms with Crippen molar-refractivity contribution in [3.8, 4) is 0 Å². The molecule has 1 aromatic carbocycles. The molecule has 2 heterocycles. The van der Waals surface area contributed by atoms with Gasteiger partial charge in [-0.25, -0.2) is 4.98 Å². The molecule has 0 aliphatic heterocycles. The predicted octanol–water partition coefficient (Wildman–Crippen LogP) is 2.55. The zero-order valence-electron chi connectivity index (χ0n) is 14.4. The van der Waals surface area contributed by atoms with Crippen LogP contribution in [-0.2, 0) is 7.05 Å². The van der Waals surface area contributed by atoms with E-state index < -0.39 is 0 Å². The van der Waals surface area contributed by atoms with Crippen LogP contribution in [0, 0.1) is 6.92 Å². The smallest absolute Gasteiger partial charge is 0.278 e. The van der Waals surface area contributed by atoms with Crippen molar-refractivity contribution in [2.45, 2.75) is 6.92 Å². The minimum atomic E-state index is -0.0763. The van der Waals surface area contributed by atoms with Crippen LogP contribution < -0.4 is 4.90 Å². The second-order valence-corrected chi connectivity index (χ2v) is 7.08. The Morgan fingerprint density at radius 1 is 1.25 bits per heavy atom. The summed E-state index contributed by atoms with van der Waals surface area (Å²) in [6.45, 7) is 3.40. The van der Waals surface area contributed by atoms with Gasteiger partial charge in [0.2, 0.25) is 0 Å². The second kappa shape index (κ2) is 6.70. The van der Waals surface area contributed by atoms with Gasteiger partial charge in [-0.1, -0.05) is 17.4 Å². The highest BCUT2D eigenvalue weighted by Gasteiger charge is 2.23. The minimum absolute atomic E-state index is 0.0763. The van der Waals surface area contributed by atoms with Crippen molar-refractivity contribution in [3.05, 3.63) is 41.7 Å². The Labute approximate surface area is 145 Å². The van der Waals surface area contributed by atoms with Gasteiger partial charge < -0.3 is 4.90 Å². The normalized spacial score (nSPS) is 11.4. The molecule has 0 N–H and O–H groups in total. The van der Waals surface area contributed by atoms with Crippen molar-refractivity contribution in [2.24, 2.45) is 7.05 Å². The van der Waals surface area contributed by atoms with E-state index in [0.717, 1.165) is 21.9 Å². The molecule has 0 aliphatic rings. The van der Waals surface area contributed by atoms with Crippen LogP contribution in [0.4, 0.5) is 5.13 Å². The van der Waals surface area contributed by atoms with Gasteiger partial charge in [0.25, 0.3) is 5.91 Å². The number of benzene rings is 1. The van der Waals surface area contributed by atoms with E-state index in [1.807, 2.05) is 26.2 Å². The van der Waals surface area contributed by atoms with Gasteiger partial charge >= 0.3 is 0 Å². The molecule has 0 fully saturated rings. The zero-order valence-corrected chi connectivity index (χ0v) is 15.2. The maximum absolute atomic E-state index is 13.0. The number of thiazole rings is 1. The van der Waals surface area contributed by atoms with Crippen LogP contribution in [0.1, 0.15) is 16.1 Å². The number of carbonyl (C=O) groups is 1. The maximum Gasteiger partial charge on any atom is 0.278 e. The first kappa shape index (κ1) is 16.6. The van der Waals surface area contributed by atoms with Crippen molar-refractivity contribution in [3.63, 3.8) is 0 Å². The Balaban J connectivity index is 1.99. The second-order valence-electron chi connectivity index (χ2n) is 6.07. The summed E-state index contributed by atoms with van der Waals surface area (Å²) in [4.78, 5) is 21.5. The lowest BCUT2D eigenvalue weighted by molar-refractivity contribution is 0.0976. The van der Waals surface area contributed by atoms with Crippen LogP contribution in [0.3, 0.4) is 0 Å². The Kier molecular flexibility index (Phi) is 4.64. The summed E-state index contributed by atoms with van der Waals surface area (Å²) < 4.78 is 2.69. The third-order valence-electron chi connectivity index (χ3n) is 3.82. The van der Waals surface area contributed by atoms with E-state index >= 15 is 0 Å². The van der Waals surface area contributed by atoms with Gasteiger partial charge in [0.1, 0.15) is 5.69 Å². The number of rotatable bonds is 5. The van der Waals surface area contributed by atoms with Crippen molar-refractivity contribution in [1.82, 2.24) is 19.7 Å². The predicted molar refractivity (Wildman–Crippen MR) is 97.8 cm³/mol. The van der Waals surface area contributed by atoms with Crippen LogP contribution in [0.2, 0.25) is 0 Å². The molecule has 24 heavy (non-hydrogen) atoms.